The van der Waals surface area contributed by atoms with Gasteiger partial charge in [0.2, 0.25) is 0 Å². The van der Waals surface area contributed by atoms with Crippen LogP contribution in [0, 0.1) is 0 Å². The van der Waals surface area contributed by atoms with E-state index in [1.54, 1.807) is 0 Å². The molecule has 0 bridgehead atoms. The molecule has 5 nitrogen and oxygen atoms in total. The van der Waals surface area contributed by atoms with Gasteiger partial charge in [0.05, 0.1) is 0 Å². The molecule has 3 heterocycles. The van der Waals surface area contributed by atoms with Gasteiger partial charge in [-0.1, -0.05) is 152 Å². The van der Waals surface area contributed by atoms with Crippen molar-refractivity contribution in [1.29, 1.82) is 0 Å². The van der Waals surface area contributed by atoms with Crippen molar-refractivity contribution in [3.8, 4) is 56.4 Å². The summed E-state index contributed by atoms with van der Waals surface area (Å²) in [6, 6.07) is 60.5. The minimum absolute atomic E-state index is 0.587. The first-order chi connectivity index (χ1) is 26.7. The molecule has 0 aliphatic heterocycles. The van der Waals surface area contributed by atoms with E-state index in [2.05, 4.69) is 121 Å². The van der Waals surface area contributed by atoms with Gasteiger partial charge in [-0.05, 0) is 57.3 Å². The number of furan rings is 2. The molecular formula is C49H29N3O2. The van der Waals surface area contributed by atoms with E-state index in [0.717, 1.165) is 77.3 Å². The lowest BCUT2D eigenvalue weighted by Gasteiger charge is -2.11. The fourth-order valence-electron chi connectivity index (χ4n) is 7.81. The van der Waals surface area contributed by atoms with E-state index >= 15 is 0 Å². The summed E-state index contributed by atoms with van der Waals surface area (Å²) in [5.41, 5.74) is 10.6. The number of aromatic nitrogens is 3. The number of hydrogen-bond donors (Lipinski definition) is 0. The second-order valence-corrected chi connectivity index (χ2v) is 13.5. The topological polar surface area (TPSA) is 65.0 Å². The molecule has 0 saturated carbocycles. The molecule has 0 saturated heterocycles. The van der Waals surface area contributed by atoms with E-state index in [-0.39, 0.29) is 0 Å². The molecule has 0 radical (unpaired) electrons. The lowest BCUT2D eigenvalue weighted by Crippen LogP contribution is -2.00. The highest BCUT2D eigenvalue weighted by atomic mass is 16.3. The zero-order chi connectivity index (χ0) is 35.6. The lowest BCUT2D eigenvalue weighted by atomic mass is 9.97. The van der Waals surface area contributed by atoms with Crippen molar-refractivity contribution in [3.63, 3.8) is 0 Å². The molecule has 0 amide bonds. The lowest BCUT2D eigenvalue weighted by molar-refractivity contribution is 0.668. The van der Waals surface area contributed by atoms with Gasteiger partial charge in [-0.25, -0.2) is 15.0 Å². The number of benzene rings is 8. The van der Waals surface area contributed by atoms with Crippen LogP contribution < -0.4 is 0 Å². The molecule has 54 heavy (non-hydrogen) atoms. The highest BCUT2D eigenvalue weighted by molar-refractivity contribution is 6.13. The first-order valence-electron chi connectivity index (χ1n) is 18.0. The van der Waals surface area contributed by atoms with Gasteiger partial charge in [-0.2, -0.15) is 0 Å². The second-order valence-electron chi connectivity index (χ2n) is 13.5. The van der Waals surface area contributed by atoms with Crippen LogP contribution in [0.5, 0.6) is 0 Å². The van der Waals surface area contributed by atoms with Crippen molar-refractivity contribution in [1.82, 2.24) is 15.0 Å². The van der Waals surface area contributed by atoms with E-state index in [1.807, 2.05) is 54.6 Å². The Labute approximate surface area is 309 Å². The van der Waals surface area contributed by atoms with Crippen LogP contribution in [0.2, 0.25) is 0 Å². The van der Waals surface area contributed by atoms with Gasteiger partial charge in [0.15, 0.2) is 17.5 Å². The SMILES string of the molecule is c1ccc2c(-c3ccc(-c4nc(-c5ccc(-c6cccc7oc8ccccc8c67)cc5)nc(-c5cccc6oc7ccccc7c56)n4)cc3)cccc2c1. The van der Waals surface area contributed by atoms with Gasteiger partial charge in [-0.3, -0.25) is 0 Å². The van der Waals surface area contributed by atoms with Crippen molar-refractivity contribution >= 4 is 54.6 Å². The minimum Gasteiger partial charge on any atom is -0.456 e. The van der Waals surface area contributed by atoms with Crippen LogP contribution in [0.1, 0.15) is 0 Å². The number of fused-ring (bicyclic) bond motifs is 7. The first kappa shape index (κ1) is 30.3. The summed E-state index contributed by atoms with van der Waals surface area (Å²) in [6.45, 7) is 0. The fourth-order valence-corrected chi connectivity index (χ4v) is 7.81. The number of para-hydroxylation sites is 2. The zero-order valence-corrected chi connectivity index (χ0v) is 28.9. The van der Waals surface area contributed by atoms with Crippen molar-refractivity contribution in [2.24, 2.45) is 0 Å². The van der Waals surface area contributed by atoms with Crippen LogP contribution in [-0.4, -0.2) is 15.0 Å². The first-order valence-corrected chi connectivity index (χ1v) is 18.0. The van der Waals surface area contributed by atoms with Crippen molar-refractivity contribution < 1.29 is 8.83 Å². The largest absolute Gasteiger partial charge is 0.456 e. The van der Waals surface area contributed by atoms with Gasteiger partial charge in [-0.15, -0.1) is 0 Å². The summed E-state index contributed by atoms with van der Waals surface area (Å²) in [7, 11) is 0. The van der Waals surface area contributed by atoms with Crippen LogP contribution in [-0.2, 0) is 0 Å². The van der Waals surface area contributed by atoms with Crippen molar-refractivity contribution in [3.05, 3.63) is 176 Å². The third-order valence-electron chi connectivity index (χ3n) is 10.4. The van der Waals surface area contributed by atoms with Crippen LogP contribution in [0.4, 0.5) is 0 Å². The Morgan fingerprint density at radius 3 is 1.31 bits per heavy atom. The average Bonchev–Trinajstić information content (AvgIpc) is 3.82. The van der Waals surface area contributed by atoms with Crippen molar-refractivity contribution in [2.45, 2.75) is 0 Å². The molecule has 0 atom stereocenters. The summed E-state index contributed by atoms with van der Waals surface area (Å²) in [5, 5.41) is 6.66. The molecule has 252 valence electrons. The normalized spacial score (nSPS) is 11.7. The predicted molar refractivity (Wildman–Crippen MR) is 219 cm³/mol. The molecule has 8 aromatic carbocycles. The molecule has 0 aliphatic carbocycles. The molecule has 3 aromatic heterocycles. The second kappa shape index (κ2) is 12.1. The molecule has 0 spiro atoms. The monoisotopic (exact) mass is 691 g/mol. The zero-order valence-electron chi connectivity index (χ0n) is 28.9. The van der Waals surface area contributed by atoms with E-state index in [1.165, 1.54) is 16.3 Å². The summed E-state index contributed by atoms with van der Waals surface area (Å²) in [4.78, 5) is 15.4. The number of hydrogen-bond acceptors (Lipinski definition) is 5. The van der Waals surface area contributed by atoms with Gasteiger partial charge in [0.25, 0.3) is 0 Å². The van der Waals surface area contributed by atoms with Gasteiger partial charge >= 0.3 is 0 Å². The van der Waals surface area contributed by atoms with E-state index in [4.69, 9.17) is 23.8 Å². The standard InChI is InChI=1S/C49H29N3O2/c1-2-12-35-30(10-1)11-7-15-36(35)31-22-26-33(27-23-31)47-50-48(52-49(51-47)40-17-9-21-44-46(40)39-14-4-6-19-42(39)54-44)34-28-24-32(25-29-34)37-16-8-20-43-45(37)38-13-3-5-18-41(38)53-43/h1-29H. The molecule has 0 fully saturated rings. The van der Waals surface area contributed by atoms with E-state index in [0.29, 0.717) is 17.5 Å². The van der Waals surface area contributed by atoms with E-state index in [9.17, 15) is 0 Å². The number of rotatable bonds is 5. The highest BCUT2D eigenvalue weighted by Gasteiger charge is 2.19. The van der Waals surface area contributed by atoms with Gasteiger partial charge in [0.1, 0.15) is 22.3 Å². The van der Waals surface area contributed by atoms with Crippen LogP contribution in [0.3, 0.4) is 0 Å². The van der Waals surface area contributed by atoms with Crippen LogP contribution in [0.15, 0.2) is 185 Å². The Morgan fingerprint density at radius 2 is 0.685 bits per heavy atom. The number of nitrogens with zero attached hydrogens (tertiary/aromatic N) is 3. The Balaban J connectivity index is 1.06. The van der Waals surface area contributed by atoms with E-state index < -0.39 is 0 Å². The maximum Gasteiger partial charge on any atom is 0.164 e. The molecule has 0 N–H and O–H groups in total. The summed E-state index contributed by atoms with van der Waals surface area (Å²) in [6.07, 6.45) is 0. The summed E-state index contributed by atoms with van der Waals surface area (Å²) in [5.74, 6) is 1.78. The fraction of sp³-hybridized carbons (Fsp3) is 0. The maximum atomic E-state index is 6.26. The molecular weight excluding hydrogens is 663 g/mol. The van der Waals surface area contributed by atoms with Gasteiger partial charge in [0, 0.05) is 38.2 Å². The maximum absolute atomic E-state index is 6.26. The smallest absolute Gasteiger partial charge is 0.164 e. The van der Waals surface area contributed by atoms with Crippen LogP contribution >= 0.6 is 0 Å². The Hall–Kier alpha value is -7.37. The molecule has 0 unspecified atom stereocenters. The average molecular weight is 692 g/mol. The summed E-state index contributed by atoms with van der Waals surface area (Å²) >= 11 is 0. The molecule has 0 aliphatic rings. The van der Waals surface area contributed by atoms with Crippen molar-refractivity contribution in [2.75, 3.05) is 0 Å². The van der Waals surface area contributed by atoms with Gasteiger partial charge < -0.3 is 8.83 Å². The third kappa shape index (κ3) is 4.90. The Bertz CT molecular complexity index is 3210. The minimum atomic E-state index is 0.587. The quantitative estimate of drug-likeness (QED) is 0.180. The Kier molecular flexibility index (Phi) is 6.79. The third-order valence-corrected chi connectivity index (χ3v) is 10.4. The molecule has 5 heteroatoms. The Morgan fingerprint density at radius 1 is 0.278 bits per heavy atom. The summed E-state index contributed by atoms with van der Waals surface area (Å²) < 4.78 is 12.4. The highest BCUT2D eigenvalue weighted by Crippen LogP contribution is 2.39. The molecule has 11 rings (SSSR count). The predicted octanol–water partition coefficient (Wildman–Crippen LogP) is 13.2. The molecule has 11 aromatic rings. The van der Waals surface area contributed by atoms with Crippen LogP contribution in [0.25, 0.3) is 111 Å².